The van der Waals surface area contributed by atoms with E-state index in [1.165, 1.54) is 0 Å². The molecule has 0 bridgehead atoms. The molecule has 0 radical (unpaired) electrons. The number of nitrogens with one attached hydrogen (secondary N) is 1. The van der Waals surface area contributed by atoms with Gasteiger partial charge in [0.1, 0.15) is 5.82 Å². The van der Waals surface area contributed by atoms with Gasteiger partial charge in [-0.05, 0) is 18.9 Å². The Bertz CT molecular complexity index is 920. The van der Waals surface area contributed by atoms with Crippen molar-refractivity contribution in [3.63, 3.8) is 0 Å². The third-order valence-electron chi connectivity index (χ3n) is 6.07. The van der Waals surface area contributed by atoms with Crippen LogP contribution in [0.2, 0.25) is 0 Å². The molecule has 1 saturated carbocycles. The maximum absolute atomic E-state index is 12.9. The number of ether oxygens (including phenoxy) is 2. The van der Waals surface area contributed by atoms with Gasteiger partial charge in [0.05, 0.1) is 32.9 Å². The van der Waals surface area contributed by atoms with Crippen molar-refractivity contribution >= 4 is 17.6 Å². The molecule has 2 aromatic rings. The molecule has 2 fully saturated rings. The SMILES string of the molecule is COc1cccc(Cn2nccc2NC(=O)C2CC(=O)N(C3CCCC3)C2)c1OC. The highest BCUT2D eigenvalue weighted by atomic mass is 16.5. The molecule has 1 aliphatic heterocycles. The van der Waals surface area contributed by atoms with Crippen LogP contribution in [0.15, 0.2) is 30.5 Å². The second-order valence-corrected chi connectivity index (χ2v) is 7.90. The number of rotatable bonds is 7. The van der Waals surface area contributed by atoms with E-state index in [1.807, 2.05) is 23.1 Å². The summed E-state index contributed by atoms with van der Waals surface area (Å²) in [6.07, 6.45) is 6.36. The molecule has 8 nitrogen and oxygen atoms in total. The lowest BCUT2D eigenvalue weighted by Crippen LogP contribution is -2.35. The van der Waals surface area contributed by atoms with E-state index in [-0.39, 0.29) is 24.2 Å². The highest BCUT2D eigenvalue weighted by molar-refractivity contribution is 5.96. The van der Waals surface area contributed by atoms with E-state index in [4.69, 9.17) is 9.47 Å². The Morgan fingerprint density at radius 3 is 2.73 bits per heavy atom. The van der Waals surface area contributed by atoms with Crippen molar-refractivity contribution in [3.05, 3.63) is 36.0 Å². The topological polar surface area (TPSA) is 85.7 Å². The van der Waals surface area contributed by atoms with Crippen molar-refractivity contribution in [3.8, 4) is 11.5 Å². The largest absolute Gasteiger partial charge is 0.493 e. The molecule has 0 spiro atoms. The van der Waals surface area contributed by atoms with Crippen LogP contribution in [0.3, 0.4) is 0 Å². The molecule has 30 heavy (non-hydrogen) atoms. The highest BCUT2D eigenvalue weighted by Crippen LogP contribution is 2.32. The van der Waals surface area contributed by atoms with Gasteiger partial charge >= 0.3 is 0 Å². The number of anilines is 1. The number of methoxy groups -OCH3 is 2. The standard InChI is InChI=1S/C22H28N4O4/c1-29-18-9-5-6-15(21(18)30-2)14-26-19(10-11-23-26)24-22(28)16-12-20(27)25(13-16)17-7-3-4-8-17/h5-6,9-11,16-17H,3-4,7-8,12-14H2,1-2H3,(H,24,28). The summed E-state index contributed by atoms with van der Waals surface area (Å²) in [6, 6.07) is 7.72. The van der Waals surface area contributed by atoms with Crippen molar-refractivity contribution in [1.82, 2.24) is 14.7 Å². The Kier molecular flexibility index (Phi) is 5.92. The number of hydrogen-bond acceptors (Lipinski definition) is 5. The number of nitrogens with zero attached hydrogens (tertiary/aromatic N) is 3. The Morgan fingerprint density at radius 2 is 2.00 bits per heavy atom. The second kappa shape index (κ2) is 8.77. The van der Waals surface area contributed by atoms with E-state index < -0.39 is 0 Å². The molecular formula is C22H28N4O4. The zero-order valence-electron chi connectivity index (χ0n) is 17.5. The van der Waals surface area contributed by atoms with Crippen molar-refractivity contribution in [1.29, 1.82) is 0 Å². The van der Waals surface area contributed by atoms with Crippen LogP contribution in [-0.4, -0.2) is 53.3 Å². The molecule has 2 aliphatic rings. The van der Waals surface area contributed by atoms with Crippen LogP contribution in [0.1, 0.15) is 37.7 Å². The van der Waals surface area contributed by atoms with Gasteiger partial charge in [0.25, 0.3) is 0 Å². The third kappa shape index (κ3) is 3.99. The number of likely N-dealkylation sites (tertiary alicyclic amines) is 1. The summed E-state index contributed by atoms with van der Waals surface area (Å²) >= 11 is 0. The van der Waals surface area contributed by atoms with E-state index in [1.54, 1.807) is 31.2 Å². The predicted molar refractivity (Wildman–Crippen MR) is 112 cm³/mol. The molecule has 8 heteroatoms. The molecule has 1 aliphatic carbocycles. The molecule has 1 saturated heterocycles. The first kappa shape index (κ1) is 20.3. The molecule has 1 aromatic carbocycles. The van der Waals surface area contributed by atoms with Crippen molar-refractivity contribution in [2.45, 2.75) is 44.7 Å². The van der Waals surface area contributed by atoms with Crippen LogP contribution in [-0.2, 0) is 16.1 Å². The average molecular weight is 412 g/mol. The van der Waals surface area contributed by atoms with Crippen LogP contribution >= 0.6 is 0 Å². The fourth-order valence-corrected chi connectivity index (χ4v) is 4.51. The number of aromatic nitrogens is 2. The first-order chi connectivity index (χ1) is 14.6. The minimum absolute atomic E-state index is 0.0941. The molecule has 160 valence electrons. The Morgan fingerprint density at radius 1 is 1.20 bits per heavy atom. The number of amides is 2. The summed E-state index contributed by atoms with van der Waals surface area (Å²) in [6.45, 7) is 0.925. The van der Waals surface area contributed by atoms with Crippen LogP contribution in [0.4, 0.5) is 5.82 Å². The van der Waals surface area contributed by atoms with Crippen molar-refractivity contribution in [2.24, 2.45) is 5.92 Å². The van der Waals surface area contributed by atoms with Crippen LogP contribution < -0.4 is 14.8 Å². The molecule has 1 N–H and O–H groups in total. The quantitative estimate of drug-likeness (QED) is 0.756. The van der Waals surface area contributed by atoms with Gasteiger partial charge in [-0.3, -0.25) is 9.59 Å². The molecule has 2 heterocycles. The minimum atomic E-state index is -0.326. The lowest BCUT2D eigenvalue weighted by Gasteiger charge is -2.23. The lowest BCUT2D eigenvalue weighted by molar-refractivity contribution is -0.129. The summed E-state index contributed by atoms with van der Waals surface area (Å²) in [7, 11) is 3.19. The maximum atomic E-state index is 12.9. The number of hydrogen-bond donors (Lipinski definition) is 1. The van der Waals surface area contributed by atoms with Gasteiger partial charge < -0.3 is 19.7 Å². The second-order valence-electron chi connectivity index (χ2n) is 7.90. The van der Waals surface area contributed by atoms with E-state index in [2.05, 4.69) is 10.4 Å². The smallest absolute Gasteiger partial charge is 0.230 e. The van der Waals surface area contributed by atoms with Gasteiger partial charge in [-0.2, -0.15) is 5.10 Å². The van der Waals surface area contributed by atoms with E-state index in [9.17, 15) is 9.59 Å². The predicted octanol–water partition coefficient (Wildman–Crippen LogP) is 2.68. The first-order valence-electron chi connectivity index (χ1n) is 10.4. The van der Waals surface area contributed by atoms with E-state index in [0.29, 0.717) is 36.4 Å². The van der Waals surface area contributed by atoms with E-state index >= 15 is 0 Å². The Labute approximate surface area is 176 Å². The lowest BCUT2D eigenvalue weighted by atomic mass is 10.1. The van der Waals surface area contributed by atoms with Gasteiger partial charge in [-0.1, -0.05) is 25.0 Å². The monoisotopic (exact) mass is 412 g/mol. The zero-order valence-corrected chi connectivity index (χ0v) is 17.5. The summed E-state index contributed by atoms with van der Waals surface area (Å²) in [5.41, 5.74) is 0.888. The Balaban J connectivity index is 1.44. The number of carbonyl (C=O) groups is 2. The molecular weight excluding hydrogens is 384 g/mol. The normalized spacial score (nSPS) is 19.3. The van der Waals surface area contributed by atoms with Crippen molar-refractivity contribution in [2.75, 3.05) is 26.1 Å². The fourth-order valence-electron chi connectivity index (χ4n) is 4.51. The van der Waals surface area contributed by atoms with Gasteiger partial charge in [0.15, 0.2) is 11.5 Å². The average Bonchev–Trinajstić information content (AvgIpc) is 3.49. The molecule has 1 atom stereocenters. The summed E-state index contributed by atoms with van der Waals surface area (Å²) < 4.78 is 12.6. The number of benzene rings is 1. The summed E-state index contributed by atoms with van der Waals surface area (Å²) in [5, 5.41) is 7.30. The molecule has 1 aromatic heterocycles. The Hall–Kier alpha value is -3.03. The highest BCUT2D eigenvalue weighted by Gasteiger charge is 2.38. The number of para-hydroxylation sites is 1. The zero-order chi connectivity index (χ0) is 21.1. The van der Waals surface area contributed by atoms with Crippen LogP contribution in [0.25, 0.3) is 0 Å². The van der Waals surface area contributed by atoms with Gasteiger partial charge in [-0.25, -0.2) is 4.68 Å². The van der Waals surface area contributed by atoms with Crippen LogP contribution in [0.5, 0.6) is 11.5 Å². The van der Waals surface area contributed by atoms with Crippen molar-refractivity contribution < 1.29 is 19.1 Å². The minimum Gasteiger partial charge on any atom is -0.493 e. The summed E-state index contributed by atoms with van der Waals surface area (Å²) in [4.78, 5) is 27.2. The van der Waals surface area contributed by atoms with E-state index in [0.717, 1.165) is 31.2 Å². The van der Waals surface area contributed by atoms with Crippen LogP contribution in [0, 0.1) is 5.92 Å². The molecule has 1 unspecified atom stereocenters. The maximum Gasteiger partial charge on any atom is 0.230 e. The number of carbonyl (C=O) groups excluding carboxylic acids is 2. The third-order valence-corrected chi connectivity index (χ3v) is 6.07. The fraction of sp³-hybridized carbons (Fsp3) is 0.500. The van der Waals surface area contributed by atoms with Gasteiger partial charge in [0, 0.05) is 30.6 Å². The summed E-state index contributed by atoms with van der Waals surface area (Å²) in [5.74, 6) is 1.51. The van der Waals surface area contributed by atoms with Gasteiger partial charge in [-0.15, -0.1) is 0 Å². The van der Waals surface area contributed by atoms with Gasteiger partial charge in [0.2, 0.25) is 11.8 Å². The first-order valence-corrected chi connectivity index (χ1v) is 10.4. The molecule has 4 rings (SSSR count). The molecule has 2 amide bonds.